The van der Waals surface area contributed by atoms with Gasteiger partial charge >= 0.3 is 5.69 Å². The van der Waals surface area contributed by atoms with Crippen LogP contribution in [0.5, 0.6) is 0 Å². The first-order chi connectivity index (χ1) is 24.7. The number of hydrogen-bond donors (Lipinski definition) is 2. The maximum absolute atomic E-state index is 12.3. The van der Waals surface area contributed by atoms with Crippen molar-refractivity contribution in [1.29, 1.82) is 0 Å². The molecule has 3 amide bonds. The van der Waals surface area contributed by atoms with Crippen LogP contribution in [0.1, 0.15) is 92.5 Å². The molecule has 1 aliphatic carbocycles. The van der Waals surface area contributed by atoms with Crippen molar-refractivity contribution in [2.75, 3.05) is 25.5 Å². The Morgan fingerprint density at radius 3 is 2.29 bits per heavy atom. The number of imidazole rings is 1. The molecule has 3 aliphatic rings. The quantitative estimate of drug-likeness (QED) is 0.241. The molecule has 0 bridgehead atoms. The first-order valence-corrected chi connectivity index (χ1v) is 18.0. The van der Waals surface area contributed by atoms with Crippen molar-refractivity contribution < 1.29 is 14.4 Å². The van der Waals surface area contributed by atoms with Gasteiger partial charge in [-0.25, -0.2) is 14.8 Å². The zero-order chi connectivity index (χ0) is 35.9. The highest BCUT2D eigenvalue weighted by Gasteiger charge is 2.31. The van der Waals surface area contributed by atoms with E-state index in [0.29, 0.717) is 29.5 Å². The van der Waals surface area contributed by atoms with Crippen LogP contribution in [0.4, 0.5) is 5.82 Å². The third kappa shape index (κ3) is 8.59. The van der Waals surface area contributed by atoms with Crippen molar-refractivity contribution in [3.8, 4) is 0 Å². The van der Waals surface area contributed by atoms with E-state index in [9.17, 15) is 19.2 Å². The number of rotatable bonds is 4. The molecule has 4 aromatic heterocycles. The molecule has 2 saturated heterocycles. The summed E-state index contributed by atoms with van der Waals surface area (Å²) >= 11 is 0. The van der Waals surface area contributed by atoms with Gasteiger partial charge in [-0.05, 0) is 89.5 Å². The maximum atomic E-state index is 12.3. The molecule has 268 valence electrons. The number of likely N-dealkylation sites (tertiary alicyclic amines) is 1. The highest BCUT2D eigenvalue weighted by atomic mass is 16.2. The summed E-state index contributed by atoms with van der Waals surface area (Å²) in [4.78, 5) is 58.6. The smallest absolute Gasteiger partial charge is 0.306 e. The van der Waals surface area contributed by atoms with Gasteiger partial charge in [0.15, 0.2) is 0 Å². The molecule has 13 nitrogen and oxygen atoms in total. The van der Waals surface area contributed by atoms with Crippen LogP contribution in [-0.4, -0.2) is 71.6 Å². The Bertz CT molecular complexity index is 2070. The van der Waals surface area contributed by atoms with E-state index in [1.165, 1.54) is 73.6 Å². The van der Waals surface area contributed by atoms with E-state index in [4.69, 9.17) is 0 Å². The lowest BCUT2D eigenvalue weighted by Crippen LogP contribution is -2.44. The van der Waals surface area contributed by atoms with Gasteiger partial charge in [0.25, 0.3) is 5.91 Å². The second kappa shape index (κ2) is 16.2. The van der Waals surface area contributed by atoms with E-state index in [1.807, 2.05) is 43.3 Å². The van der Waals surface area contributed by atoms with Crippen molar-refractivity contribution in [3.63, 3.8) is 0 Å². The summed E-state index contributed by atoms with van der Waals surface area (Å²) in [5.41, 5.74) is 3.30. The number of anilines is 1. The van der Waals surface area contributed by atoms with Crippen LogP contribution < -0.4 is 16.3 Å². The van der Waals surface area contributed by atoms with Crippen LogP contribution in [0.3, 0.4) is 0 Å². The van der Waals surface area contributed by atoms with Crippen molar-refractivity contribution >= 4 is 45.5 Å². The molecule has 3 fully saturated rings. The predicted octanol–water partition coefficient (Wildman–Crippen LogP) is 5.31. The van der Waals surface area contributed by atoms with E-state index < -0.39 is 11.9 Å². The van der Waals surface area contributed by atoms with Gasteiger partial charge in [-0.3, -0.25) is 33.5 Å². The Morgan fingerprint density at radius 2 is 1.61 bits per heavy atom. The fraction of sp³-hybridized carbons (Fsp3) is 0.447. The lowest BCUT2D eigenvalue weighted by Gasteiger charge is -2.21. The lowest BCUT2D eigenvalue weighted by molar-refractivity contribution is -0.135. The van der Waals surface area contributed by atoms with Crippen LogP contribution in [-0.2, 0) is 16.6 Å². The van der Waals surface area contributed by atoms with Gasteiger partial charge in [-0.15, -0.1) is 0 Å². The van der Waals surface area contributed by atoms with Crippen molar-refractivity contribution in [3.05, 3.63) is 82.8 Å². The van der Waals surface area contributed by atoms with E-state index in [0.717, 1.165) is 22.1 Å². The Balaban J connectivity index is 0.000000151. The molecule has 5 aromatic rings. The molecule has 0 spiro atoms. The number of amides is 3. The summed E-state index contributed by atoms with van der Waals surface area (Å²) < 4.78 is 5.05. The molecule has 0 radical (unpaired) electrons. The molecule has 1 aromatic carbocycles. The average Bonchev–Trinajstić information content (AvgIpc) is 3.68. The highest BCUT2D eigenvalue weighted by Crippen LogP contribution is 2.29. The number of piperidine rings is 2. The number of para-hydroxylation sites is 2. The Morgan fingerprint density at radius 1 is 0.882 bits per heavy atom. The van der Waals surface area contributed by atoms with Gasteiger partial charge in [-0.2, -0.15) is 5.10 Å². The Labute approximate surface area is 297 Å². The van der Waals surface area contributed by atoms with Gasteiger partial charge in [0.1, 0.15) is 23.1 Å². The summed E-state index contributed by atoms with van der Waals surface area (Å²) in [6.45, 7) is 4.50. The first-order valence-electron chi connectivity index (χ1n) is 18.0. The number of imide groups is 1. The number of fused-ring (bicyclic) bond motifs is 2. The number of carbonyl (C=O) groups is 3. The number of nitrogens with zero attached hydrogens (tertiary/aromatic N) is 7. The second-order valence-corrected chi connectivity index (χ2v) is 13.7. The highest BCUT2D eigenvalue weighted by molar-refractivity contribution is 6.03. The molecule has 51 heavy (non-hydrogen) atoms. The van der Waals surface area contributed by atoms with Crippen LogP contribution in [0.2, 0.25) is 0 Å². The third-order valence-electron chi connectivity index (χ3n) is 9.82. The van der Waals surface area contributed by atoms with E-state index in [1.54, 1.807) is 25.4 Å². The number of pyridine rings is 2. The van der Waals surface area contributed by atoms with E-state index in [2.05, 4.69) is 48.5 Å². The number of benzene rings is 1. The maximum Gasteiger partial charge on any atom is 0.329 e. The molecule has 2 N–H and O–H groups in total. The molecule has 1 atom stereocenters. The largest absolute Gasteiger partial charge is 0.329 e. The molecular weight excluding hydrogens is 646 g/mol. The monoisotopic (exact) mass is 693 g/mol. The van der Waals surface area contributed by atoms with Crippen LogP contribution in [0.15, 0.2) is 65.7 Å². The molecule has 1 unspecified atom stereocenters. The van der Waals surface area contributed by atoms with Gasteiger partial charge in [0.05, 0.1) is 23.3 Å². The fourth-order valence-electron chi connectivity index (χ4n) is 7.00. The second-order valence-electron chi connectivity index (χ2n) is 13.7. The molecule has 1 saturated carbocycles. The summed E-state index contributed by atoms with van der Waals surface area (Å²) in [7, 11) is 3.87. The van der Waals surface area contributed by atoms with Crippen molar-refractivity contribution in [2.24, 2.45) is 7.05 Å². The van der Waals surface area contributed by atoms with Crippen LogP contribution in [0, 0.1) is 6.92 Å². The molecule has 8 rings (SSSR count). The number of aryl methyl sites for hydroxylation is 2. The summed E-state index contributed by atoms with van der Waals surface area (Å²) in [6.07, 6.45) is 14.9. The minimum Gasteiger partial charge on any atom is -0.306 e. The molecule has 6 heterocycles. The Hall–Kier alpha value is -5.17. The van der Waals surface area contributed by atoms with Gasteiger partial charge in [0, 0.05) is 30.7 Å². The Kier molecular flexibility index (Phi) is 11.3. The number of hydrogen-bond acceptors (Lipinski definition) is 8. The minimum absolute atomic E-state index is 0.240. The zero-order valence-corrected chi connectivity index (χ0v) is 29.7. The minimum atomic E-state index is -0.615. The predicted molar refractivity (Wildman–Crippen MR) is 197 cm³/mol. The number of carbonyl (C=O) groups excluding carboxylic acids is 3. The zero-order valence-electron chi connectivity index (χ0n) is 29.7. The normalized spacial score (nSPS) is 18.4. The first kappa shape index (κ1) is 35.6. The summed E-state index contributed by atoms with van der Waals surface area (Å²) in [5, 5.41) is 10.7. The van der Waals surface area contributed by atoms with Crippen LogP contribution in [0.25, 0.3) is 21.9 Å². The fourth-order valence-corrected chi connectivity index (χ4v) is 7.00. The summed E-state index contributed by atoms with van der Waals surface area (Å²) in [5.74, 6) is -0.427. The SMILES string of the molecule is CN1CCCCC1.Cc1cccc(C(=O)Nc2cc3cn(C4CCCCC4)nc3cn2)n1.Cn1c(=O)n(C2CCC(=O)NC2=O)c2ccccc21. The van der Waals surface area contributed by atoms with Gasteiger partial charge in [-0.1, -0.05) is 43.9 Å². The van der Waals surface area contributed by atoms with Crippen molar-refractivity contribution in [1.82, 2.24) is 39.1 Å². The standard InChI is InChI=1S/C19H21N5O.C13H13N3O3.C6H13N/c1-13-6-5-9-16(21-13)19(25)22-18-10-14-12-24(23-17(14)11-20-18)15-7-3-2-4-8-15;1-15-8-4-2-3-5-9(8)16(13(15)19)10-6-7-11(17)14-12(10)18;1-7-5-3-2-4-6-7/h5-6,9-12,15H,2-4,7-8H2,1H3,(H,22,25);2-5,10H,6-7H2,1H3,(H,14,17,18);2-6H2,1H3. The average molecular weight is 694 g/mol. The molecule has 2 aliphatic heterocycles. The summed E-state index contributed by atoms with van der Waals surface area (Å²) in [6, 6.07) is 14.4. The third-order valence-corrected chi connectivity index (χ3v) is 9.82. The number of aromatic nitrogens is 6. The lowest BCUT2D eigenvalue weighted by atomic mass is 9.96. The molecule has 13 heteroatoms. The molecular formula is C38H47N9O4. The van der Waals surface area contributed by atoms with Gasteiger partial charge < -0.3 is 10.2 Å². The topological polar surface area (TPSA) is 149 Å². The van der Waals surface area contributed by atoms with Crippen LogP contribution >= 0.6 is 0 Å². The van der Waals surface area contributed by atoms with Crippen molar-refractivity contribution in [2.45, 2.75) is 83.2 Å². The van der Waals surface area contributed by atoms with E-state index >= 15 is 0 Å². The number of nitrogens with one attached hydrogen (secondary N) is 2. The van der Waals surface area contributed by atoms with E-state index in [-0.39, 0.29) is 23.9 Å². The van der Waals surface area contributed by atoms with Gasteiger partial charge in [0.2, 0.25) is 11.8 Å².